The number of fused-ring (bicyclic) bond motifs is 1. The molecule has 8 nitrogen and oxygen atoms in total. The lowest BCUT2D eigenvalue weighted by Gasteiger charge is -2.15. The molecule has 3 aromatic rings. The van der Waals surface area contributed by atoms with Crippen LogP contribution in [0.2, 0.25) is 0 Å². The third-order valence-corrected chi connectivity index (χ3v) is 4.20. The molecule has 0 bridgehead atoms. The van der Waals surface area contributed by atoms with Crippen LogP contribution in [0.15, 0.2) is 43.2 Å². The van der Waals surface area contributed by atoms with E-state index in [1.807, 2.05) is 0 Å². The molecule has 1 aromatic heterocycles. The first-order valence-corrected chi connectivity index (χ1v) is 9.30. The number of carbonyl (C=O) groups is 2. The molecule has 2 aromatic carbocycles. The molecular formula is C21H18F3N5O3. The van der Waals surface area contributed by atoms with Crippen LogP contribution in [0.25, 0.3) is 10.9 Å². The van der Waals surface area contributed by atoms with Crippen molar-refractivity contribution in [1.29, 1.82) is 0 Å². The van der Waals surface area contributed by atoms with Crippen molar-refractivity contribution in [2.45, 2.75) is 6.92 Å². The van der Waals surface area contributed by atoms with Crippen LogP contribution < -0.4 is 20.7 Å². The van der Waals surface area contributed by atoms with Crippen molar-refractivity contribution in [3.8, 4) is 5.75 Å². The molecule has 0 aliphatic heterocycles. The monoisotopic (exact) mass is 445 g/mol. The zero-order chi connectivity index (χ0) is 23.3. The minimum absolute atomic E-state index is 0.0822. The van der Waals surface area contributed by atoms with Gasteiger partial charge in [-0.15, -0.1) is 0 Å². The Morgan fingerprint density at radius 2 is 1.91 bits per heavy atom. The molecule has 3 N–H and O–H groups in total. The molecule has 166 valence electrons. The van der Waals surface area contributed by atoms with E-state index in [2.05, 4.69) is 32.5 Å². The number of nitrogens with one attached hydrogen (secondary N) is 3. The molecule has 0 saturated carbocycles. The van der Waals surface area contributed by atoms with E-state index in [0.29, 0.717) is 10.9 Å². The number of hydrogen-bond donors (Lipinski definition) is 3. The topological polar surface area (TPSA) is 105 Å². The predicted molar refractivity (Wildman–Crippen MR) is 112 cm³/mol. The number of anilines is 3. The highest BCUT2D eigenvalue weighted by Crippen LogP contribution is 2.34. The normalized spacial score (nSPS) is 10.5. The van der Waals surface area contributed by atoms with Crippen LogP contribution in [0, 0.1) is 17.5 Å². The van der Waals surface area contributed by atoms with Crippen molar-refractivity contribution in [3.05, 3.63) is 60.7 Å². The number of aromatic nitrogens is 2. The number of benzene rings is 2. The number of nitrogens with zero attached hydrogens (tertiary/aromatic N) is 2. The van der Waals surface area contributed by atoms with Gasteiger partial charge in [0.2, 0.25) is 11.8 Å². The summed E-state index contributed by atoms with van der Waals surface area (Å²) in [6.45, 7) is 5.10. The minimum Gasteiger partial charge on any atom is -0.489 e. The standard InChI is InChI=1S/C21H18F3N5O3/c1-3-18(31)28-16-8-12-15(9-17(16)32-7-6-25-11(2)30)26-10-27-21(12)29-14-5-4-13(22)19(23)20(14)24/h3-5,8-10H,1,6-7H2,2H3,(H,25,30)(H,28,31)(H,26,27,29). The van der Waals surface area contributed by atoms with E-state index >= 15 is 0 Å². The first-order valence-electron chi connectivity index (χ1n) is 9.30. The fourth-order valence-corrected chi connectivity index (χ4v) is 2.72. The maximum Gasteiger partial charge on any atom is 0.247 e. The lowest BCUT2D eigenvalue weighted by atomic mass is 10.1. The molecule has 0 unspecified atom stereocenters. The largest absolute Gasteiger partial charge is 0.489 e. The molecule has 0 fully saturated rings. The van der Waals surface area contributed by atoms with E-state index in [4.69, 9.17) is 4.74 Å². The Morgan fingerprint density at radius 1 is 1.12 bits per heavy atom. The van der Waals surface area contributed by atoms with E-state index in [9.17, 15) is 22.8 Å². The summed E-state index contributed by atoms with van der Waals surface area (Å²) in [5, 5.41) is 8.11. The van der Waals surface area contributed by atoms with Gasteiger partial charge in [-0.05, 0) is 24.3 Å². The summed E-state index contributed by atoms with van der Waals surface area (Å²) < 4.78 is 46.6. The second-order valence-electron chi connectivity index (χ2n) is 6.46. The van der Waals surface area contributed by atoms with Gasteiger partial charge in [0, 0.05) is 18.4 Å². The lowest BCUT2D eigenvalue weighted by Crippen LogP contribution is -2.25. The summed E-state index contributed by atoms with van der Waals surface area (Å²) in [6.07, 6.45) is 2.24. The summed E-state index contributed by atoms with van der Waals surface area (Å²) in [6, 6.07) is 4.79. The van der Waals surface area contributed by atoms with Gasteiger partial charge in [-0.25, -0.2) is 23.1 Å². The molecule has 0 spiro atoms. The Morgan fingerprint density at radius 3 is 2.62 bits per heavy atom. The van der Waals surface area contributed by atoms with Crippen LogP contribution in [-0.4, -0.2) is 34.9 Å². The Labute approximate surface area is 180 Å². The number of halogens is 3. The summed E-state index contributed by atoms with van der Waals surface area (Å²) in [4.78, 5) is 31.0. The second kappa shape index (κ2) is 9.77. The van der Waals surface area contributed by atoms with Gasteiger partial charge < -0.3 is 20.7 Å². The fourth-order valence-electron chi connectivity index (χ4n) is 2.72. The second-order valence-corrected chi connectivity index (χ2v) is 6.46. The van der Waals surface area contributed by atoms with Gasteiger partial charge in [0.15, 0.2) is 17.5 Å². The van der Waals surface area contributed by atoms with Crippen molar-refractivity contribution in [3.63, 3.8) is 0 Å². The SMILES string of the molecule is C=CC(=O)Nc1cc2c(Nc3ccc(F)c(F)c3F)ncnc2cc1OCCNC(C)=O. The molecule has 11 heteroatoms. The van der Waals surface area contributed by atoms with Crippen molar-refractivity contribution in [1.82, 2.24) is 15.3 Å². The van der Waals surface area contributed by atoms with Crippen molar-refractivity contribution >= 4 is 39.9 Å². The van der Waals surface area contributed by atoms with Crippen LogP contribution >= 0.6 is 0 Å². The van der Waals surface area contributed by atoms with Crippen molar-refractivity contribution < 1.29 is 27.5 Å². The average molecular weight is 445 g/mol. The van der Waals surface area contributed by atoms with E-state index in [1.54, 1.807) is 0 Å². The van der Waals surface area contributed by atoms with Crippen LogP contribution in [0.3, 0.4) is 0 Å². The maximum absolute atomic E-state index is 14.1. The zero-order valence-electron chi connectivity index (χ0n) is 16.8. The zero-order valence-corrected chi connectivity index (χ0v) is 16.8. The van der Waals surface area contributed by atoms with Gasteiger partial charge >= 0.3 is 0 Å². The Kier molecular flexibility index (Phi) is 6.88. The first-order chi connectivity index (χ1) is 15.3. The van der Waals surface area contributed by atoms with Gasteiger partial charge in [-0.3, -0.25) is 9.59 Å². The maximum atomic E-state index is 14.1. The fraction of sp³-hybridized carbons (Fsp3) is 0.143. The van der Waals surface area contributed by atoms with E-state index in [-0.39, 0.29) is 42.0 Å². The third-order valence-electron chi connectivity index (χ3n) is 4.20. The highest BCUT2D eigenvalue weighted by atomic mass is 19.2. The van der Waals surface area contributed by atoms with E-state index < -0.39 is 23.4 Å². The van der Waals surface area contributed by atoms with Crippen molar-refractivity contribution in [2.75, 3.05) is 23.8 Å². The molecule has 1 heterocycles. The predicted octanol–water partition coefficient (Wildman–Crippen LogP) is 3.43. The van der Waals surface area contributed by atoms with Crippen LogP contribution in [-0.2, 0) is 9.59 Å². The number of carbonyl (C=O) groups excluding carboxylic acids is 2. The Hall–Kier alpha value is -4.15. The van der Waals surface area contributed by atoms with E-state index in [1.165, 1.54) is 25.4 Å². The average Bonchev–Trinajstić information content (AvgIpc) is 2.77. The number of rotatable bonds is 8. The smallest absolute Gasteiger partial charge is 0.247 e. The lowest BCUT2D eigenvalue weighted by molar-refractivity contribution is -0.119. The van der Waals surface area contributed by atoms with Gasteiger partial charge in [0.1, 0.15) is 24.5 Å². The Balaban J connectivity index is 2.00. The summed E-state index contributed by atoms with van der Waals surface area (Å²) >= 11 is 0. The van der Waals surface area contributed by atoms with E-state index in [0.717, 1.165) is 18.2 Å². The quantitative estimate of drug-likeness (QED) is 0.279. The molecule has 0 aliphatic carbocycles. The number of hydrogen-bond acceptors (Lipinski definition) is 6. The molecule has 0 aliphatic rings. The molecule has 3 rings (SSSR count). The highest BCUT2D eigenvalue weighted by Gasteiger charge is 2.17. The first kappa shape index (κ1) is 22.5. The van der Waals surface area contributed by atoms with Gasteiger partial charge in [-0.2, -0.15) is 0 Å². The Bertz CT molecular complexity index is 1200. The number of ether oxygens (including phenoxy) is 1. The van der Waals surface area contributed by atoms with Crippen LogP contribution in [0.4, 0.5) is 30.4 Å². The summed E-state index contributed by atoms with van der Waals surface area (Å²) in [5.74, 6) is -4.76. The van der Waals surface area contributed by atoms with Gasteiger partial charge in [0.05, 0.1) is 23.4 Å². The molecule has 0 radical (unpaired) electrons. The summed E-state index contributed by atoms with van der Waals surface area (Å²) in [7, 11) is 0. The van der Waals surface area contributed by atoms with Crippen LogP contribution in [0.5, 0.6) is 5.75 Å². The van der Waals surface area contributed by atoms with Crippen LogP contribution in [0.1, 0.15) is 6.92 Å². The molecular weight excluding hydrogens is 427 g/mol. The molecule has 32 heavy (non-hydrogen) atoms. The molecule has 2 amide bonds. The van der Waals surface area contributed by atoms with Gasteiger partial charge in [-0.1, -0.05) is 6.58 Å². The highest BCUT2D eigenvalue weighted by molar-refractivity contribution is 6.03. The number of amides is 2. The molecule has 0 atom stereocenters. The summed E-state index contributed by atoms with van der Waals surface area (Å²) in [5.41, 5.74) is 0.252. The van der Waals surface area contributed by atoms with Gasteiger partial charge in [0.25, 0.3) is 0 Å². The van der Waals surface area contributed by atoms with Crippen molar-refractivity contribution in [2.24, 2.45) is 0 Å². The minimum atomic E-state index is -1.62. The third kappa shape index (κ3) is 5.12. The molecule has 0 saturated heterocycles.